The minimum atomic E-state index is -0.526. The van der Waals surface area contributed by atoms with E-state index in [1.54, 1.807) is 54.5 Å². The molecule has 2 aliphatic rings. The van der Waals surface area contributed by atoms with E-state index in [4.69, 9.17) is 14.2 Å². The lowest BCUT2D eigenvalue weighted by atomic mass is 10.2. The molecule has 2 aromatic carbocycles. The molecule has 4 rings (SSSR count). The SMILES string of the molecule is COc1ccc(NC(=O)N2CCC[C@H]2C(=O)Nc2ccc3c(c2)OCCO3)cc1. The molecule has 1 fully saturated rings. The Morgan fingerprint density at radius 2 is 1.72 bits per heavy atom. The monoisotopic (exact) mass is 397 g/mol. The van der Waals surface area contributed by atoms with Crippen molar-refractivity contribution >= 4 is 23.3 Å². The molecule has 0 aromatic heterocycles. The highest BCUT2D eigenvalue weighted by Gasteiger charge is 2.34. The van der Waals surface area contributed by atoms with Gasteiger partial charge in [-0.3, -0.25) is 4.79 Å². The van der Waals surface area contributed by atoms with E-state index in [-0.39, 0.29) is 11.9 Å². The fourth-order valence-electron chi connectivity index (χ4n) is 3.50. The van der Waals surface area contributed by atoms with E-state index in [2.05, 4.69) is 10.6 Å². The Morgan fingerprint density at radius 3 is 2.48 bits per heavy atom. The van der Waals surface area contributed by atoms with Crippen LogP contribution in [0.25, 0.3) is 0 Å². The molecule has 0 spiro atoms. The molecular weight excluding hydrogens is 374 g/mol. The van der Waals surface area contributed by atoms with E-state index >= 15 is 0 Å². The first-order chi connectivity index (χ1) is 14.1. The van der Waals surface area contributed by atoms with Crippen LogP contribution >= 0.6 is 0 Å². The van der Waals surface area contributed by atoms with Gasteiger partial charge in [0.2, 0.25) is 5.91 Å². The molecule has 2 aromatic rings. The summed E-state index contributed by atoms with van der Waals surface area (Å²) < 4.78 is 16.2. The number of methoxy groups -OCH3 is 1. The average Bonchev–Trinajstić information content (AvgIpc) is 3.24. The number of likely N-dealkylation sites (tertiary alicyclic amines) is 1. The van der Waals surface area contributed by atoms with Crippen molar-refractivity contribution in [3.63, 3.8) is 0 Å². The van der Waals surface area contributed by atoms with Crippen LogP contribution in [-0.2, 0) is 4.79 Å². The standard InChI is InChI=1S/C21H23N3O5/c1-27-16-7-4-14(5-8-16)23-21(26)24-10-2-3-17(24)20(25)22-15-6-9-18-19(13-15)29-12-11-28-18/h4-9,13,17H,2-3,10-12H2,1H3,(H,22,25)(H,23,26)/t17-/m0/s1. The summed E-state index contributed by atoms with van der Waals surface area (Å²) in [7, 11) is 1.59. The molecule has 2 N–H and O–H groups in total. The molecule has 0 radical (unpaired) electrons. The number of nitrogens with one attached hydrogen (secondary N) is 2. The summed E-state index contributed by atoms with van der Waals surface area (Å²) in [6.07, 6.45) is 1.39. The van der Waals surface area contributed by atoms with Crippen molar-refractivity contribution in [1.29, 1.82) is 0 Å². The molecule has 2 aliphatic heterocycles. The van der Waals surface area contributed by atoms with E-state index in [9.17, 15) is 9.59 Å². The molecule has 152 valence electrons. The Balaban J connectivity index is 1.40. The highest BCUT2D eigenvalue weighted by Crippen LogP contribution is 2.33. The lowest BCUT2D eigenvalue weighted by Crippen LogP contribution is -2.45. The smallest absolute Gasteiger partial charge is 0.322 e. The number of carbonyl (C=O) groups is 2. The highest BCUT2D eigenvalue weighted by atomic mass is 16.6. The molecule has 29 heavy (non-hydrogen) atoms. The summed E-state index contributed by atoms with van der Waals surface area (Å²) in [6.45, 7) is 1.52. The summed E-state index contributed by atoms with van der Waals surface area (Å²) in [6, 6.07) is 11.5. The number of nitrogens with zero attached hydrogens (tertiary/aromatic N) is 1. The van der Waals surface area contributed by atoms with Crippen molar-refractivity contribution in [2.24, 2.45) is 0 Å². The zero-order valence-corrected chi connectivity index (χ0v) is 16.1. The van der Waals surface area contributed by atoms with Gasteiger partial charge in [-0.25, -0.2) is 4.79 Å². The number of carbonyl (C=O) groups excluding carboxylic acids is 2. The Labute approximate surface area is 168 Å². The first-order valence-corrected chi connectivity index (χ1v) is 9.56. The van der Waals surface area contributed by atoms with Gasteiger partial charge in [0.15, 0.2) is 11.5 Å². The van der Waals surface area contributed by atoms with E-state index in [1.165, 1.54) is 0 Å². The molecular formula is C21H23N3O5. The topological polar surface area (TPSA) is 89.1 Å². The van der Waals surface area contributed by atoms with E-state index in [0.29, 0.717) is 54.8 Å². The Bertz CT molecular complexity index is 900. The zero-order chi connectivity index (χ0) is 20.2. The first-order valence-electron chi connectivity index (χ1n) is 9.56. The quantitative estimate of drug-likeness (QED) is 0.828. The molecule has 2 heterocycles. The molecule has 0 unspecified atom stereocenters. The van der Waals surface area contributed by atoms with Gasteiger partial charge in [0.05, 0.1) is 7.11 Å². The summed E-state index contributed by atoms with van der Waals surface area (Å²) in [5.41, 5.74) is 1.26. The number of hydrogen-bond donors (Lipinski definition) is 2. The third-order valence-corrected chi connectivity index (χ3v) is 4.97. The van der Waals surface area contributed by atoms with Crippen molar-refractivity contribution < 1.29 is 23.8 Å². The van der Waals surface area contributed by atoms with Crippen molar-refractivity contribution in [1.82, 2.24) is 4.90 Å². The molecule has 1 atom stereocenters. The third-order valence-electron chi connectivity index (χ3n) is 4.97. The van der Waals surface area contributed by atoms with Gasteiger partial charge in [-0.15, -0.1) is 0 Å². The van der Waals surface area contributed by atoms with Gasteiger partial charge in [0, 0.05) is 24.0 Å². The number of amides is 3. The lowest BCUT2D eigenvalue weighted by Gasteiger charge is -2.25. The predicted molar refractivity (Wildman–Crippen MR) is 108 cm³/mol. The third kappa shape index (κ3) is 4.21. The normalized spacial score (nSPS) is 17.6. The molecule has 0 bridgehead atoms. The maximum Gasteiger partial charge on any atom is 0.322 e. The number of ether oxygens (including phenoxy) is 3. The van der Waals surface area contributed by atoms with Gasteiger partial charge in [0.25, 0.3) is 0 Å². The van der Waals surface area contributed by atoms with Crippen LogP contribution < -0.4 is 24.8 Å². The average molecular weight is 397 g/mol. The van der Waals surface area contributed by atoms with Crippen LogP contribution in [0.2, 0.25) is 0 Å². The first kappa shape index (κ1) is 18.9. The van der Waals surface area contributed by atoms with Crippen LogP contribution in [0.3, 0.4) is 0 Å². The van der Waals surface area contributed by atoms with Gasteiger partial charge >= 0.3 is 6.03 Å². The summed E-state index contributed by atoms with van der Waals surface area (Å²) in [5, 5.41) is 5.72. The fourth-order valence-corrected chi connectivity index (χ4v) is 3.50. The highest BCUT2D eigenvalue weighted by molar-refractivity contribution is 5.99. The van der Waals surface area contributed by atoms with Crippen molar-refractivity contribution in [3.05, 3.63) is 42.5 Å². The second-order valence-corrected chi connectivity index (χ2v) is 6.86. The van der Waals surface area contributed by atoms with E-state index in [1.807, 2.05) is 0 Å². The Kier molecular flexibility index (Phi) is 5.41. The maximum absolute atomic E-state index is 12.8. The van der Waals surface area contributed by atoms with Crippen molar-refractivity contribution in [2.45, 2.75) is 18.9 Å². The number of benzene rings is 2. The number of rotatable bonds is 4. The second-order valence-electron chi connectivity index (χ2n) is 6.86. The summed E-state index contributed by atoms with van der Waals surface area (Å²) in [5.74, 6) is 1.76. The maximum atomic E-state index is 12.8. The van der Waals surface area contributed by atoms with Crippen LogP contribution in [0.4, 0.5) is 16.2 Å². The van der Waals surface area contributed by atoms with Gasteiger partial charge in [-0.1, -0.05) is 0 Å². The number of anilines is 2. The molecule has 0 aliphatic carbocycles. The molecule has 8 nitrogen and oxygen atoms in total. The zero-order valence-electron chi connectivity index (χ0n) is 16.1. The number of hydrogen-bond acceptors (Lipinski definition) is 5. The van der Waals surface area contributed by atoms with Crippen molar-refractivity contribution in [2.75, 3.05) is 37.5 Å². The van der Waals surface area contributed by atoms with Crippen LogP contribution in [0, 0.1) is 0 Å². The second kappa shape index (κ2) is 8.30. The minimum Gasteiger partial charge on any atom is -0.497 e. The van der Waals surface area contributed by atoms with Crippen molar-refractivity contribution in [3.8, 4) is 17.2 Å². The van der Waals surface area contributed by atoms with Crippen LogP contribution in [0.1, 0.15) is 12.8 Å². The molecule has 3 amide bonds. The van der Waals surface area contributed by atoms with Gasteiger partial charge in [0.1, 0.15) is 25.0 Å². The summed E-state index contributed by atoms with van der Waals surface area (Å²) in [4.78, 5) is 27.1. The van der Waals surface area contributed by atoms with Gasteiger partial charge in [-0.05, 0) is 49.2 Å². The number of fused-ring (bicyclic) bond motifs is 1. The van der Waals surface area contributed by atoms with Crippen LogP contribution in [-0.4, -0.2) is 49.7 Å². The minimum absolute atomic E-state index is 0.218. The Hall–Kier alpha value is -3.42. The molecule has 8 heteroatoms. The largest absolute Gasteiger partial charge is 0.497 e. The van der Waals surface area contributed by atoms with Gasteiger partial charge in [-0.2, -0.15) is 0 Å². The van der Waals surface area contributed by atoms with Crippen LogP contribution in [0.15, 0.2) is 42.5 Å². The van der Waals surface area contributed by atoms with Crippen LogP contribution in [0.5, 0.6) is 17.2 Å². The van der Waals surface area contributed by atoms with Gasteiger partial charge < -0.3 is 29.7 Å². The lowest BCUT2D eigenvalue weighted by molar-refractivity contribution is -0.119. The molecule has 1 saturated heterocycles. The fraction of sp³-hybridized carbons (Fsp3) is 0.333. The predicted octanol–water partition coefficient (Wildman–Crippen LogP) is 3.10. The number of urea groups is 1. The summed E-state index contributed by atoms with van der Waals surface area (Å²) >= 11 is 0. The van der Waals surface area contributed by atoms with E-state index < -0.39 is 6.04 Å². The Morgan fingerprint density at radius 1 is 1.00 bits per heavy atom. The molecule has 0 saturated carbocycles. The van der Waals surface area contributed by atoms with E-state index in [0.717, 1.165) is 6.42 Å².